The van der Waals surface area contributed by atoms with E-state index in [0.717, 1.165) is 25.7 Å². The van der Waals surface area contributed by atoms with E-state index in [9.17, 15) is 4.79 Å². The molecule has 0 amide bonds. The van der Waals surface area contributed by atoms with Crippen LogP contribution in [-0.4, -0.2) is 57.8 Å². The zero-order valence-electron chi connectivity index (χ0n) is 20.0. The molecule has 0 unspecified atom stereocenters. The van der Waals surface area contributed by atoms with Crippen LogP contribution in [0.1, 0.15) is 94.9 Å². The average Bonchev–Trinajstić information content (AvgIpc) is 2.36. The van der Waals surface area contributed by atoms with Crippen molar-refractivity contribution < 1.29 is 9.53 Å². The fraction of sp³-hybridized carbons (Fsp3) is 0.957. The number of hydrogen-bond acceptors (Lipinski definition) is 5. The first-order valence-corrected chi connectivity index (χ1v) is 11.0. The first-order valence-electron chi connectivity index (χ1n) is 11.0. The van der Waals surface area contributed by atoms with Crippen molar-refractivity contribution in [2.24, 2.45) is 0 Å². The number of carbonyl (C=O) groups is 1. The minimum Gasteiger partial charge on any atom is -0.461 e. The summed E-state index contributed by atoms with van der Waals surface area (Å²) in [6.07, 6.45) is 3.77. The van der Waals surface area contributed by atoms with E-state index in [4.69, 9.17) is 4.74 Å². The molecular weight excluding hydrogens is 350 g/mol. The van der Waals surface area contributed by atoms with Gasteiger partial charge in [-0.2, -0.15) is 0 Å². The molecule has 2 fully saturated rings. The van der Waals surface area contributed by atoms with Crippen LogP contribution in [0.5, 0.6) is 0 Å². The van der Waals surface area contributed by atoms with Gasteiger partial charge in [0.2, 0.25) is 0 Å². The lowest BCUT2D eigenvalue weighted by molar-refractivity contribution is -0.156. The molecule has 2 saturated heterocycles. The number of nitrogens with zero attached hydrogens (tertiary/aromatic N) is 1. The maximum absolute atomic E-state index is 12.9. The van der Waals surface area contributed by atoms with Gasteiger partial charge in [-0.3, -0.25) is 9.69 Å². The largest absolute Gasteiger partial charge is 0.461 e. The summed E-state index contributed by atoms with van der Waals surface area (Å²) in [5.74, 6) is -0.0821. The van der Waals surface area contributed by atoms with Gasteiger partial charge in [-0.25, -0.2) is 0 Å². The van der Waals surface area contributed by atoms with E-state index in [1.807, 2.05) is 0 Å². The fourth-order valence-electron chi connectivity index (χ4n) is 5.92. The smallest absolute Gasteiger partial charge is 0.320 e. The Hall–Kier alpha value is -0.650. The third-order valence-corrected chi connectivity index (χ3v) is 6.06. The summed E-state index contributed by atoms with van der Waals surface area (Å²) in [5, 5.41) is 7.40. The van der Waals surface area contributed by atoms with Crippen molar-refractivity contribution in [1.82, 2.24) is 15.5 Å². The third kappa shape index (κ3) is 6.70. The summed E-state index contributed by atoms with van der Waals surface area (Å²) in [6.45, 7) is 22.5. The predicted octanol–water partition coefficient (Wildman–Crippen LogP) is 3.86. The second kappa shape index (κ2) is 7.88. The van der Waals surface area contributed by atoms with Crippen molar-refractivity contribution in [1.29, 1.82) is 0 Å². The average molecular weight is 396 g/mol. The van der Waals surface area contributed by atoms with Crippen LogP contribution in [0, 0.1) is 0 Å². The fourth-order valence-corrected chi connectivity index (χ4v) is 5.92. The SMILES string of the molecule is CC(C)N(CC(=O)OC1CC(C)(C)NC(C)(C)C1)C1CC(C)(C)NC(C)(C)C1. The van der Waals surface area contributed by atoms with Gasteiger partial charge in [0.15, 0.2) is 0 Å². The highest BCUT2D eigenvalue weighted by molar-refractivity contribution is 5.72. The number of piperidine rings is 2. The standard InChI is InChI=1S/C23H45N3O2/c1-16(2)26(17-11-20(3,4)24-21(5,6)12-17)15-19(27)28-18-13-22(7,8)25-23(9,10)14-18/h16-18,24-25H,11-15H2,1-10H3. The van der Waals surface area contributed by atoms with Crippen molar-refractivity contribution in [3.63, 3.8) is 0 Å². The molecule has 0 atom stereocenters. The van der Waals surface area contributed by atoms with Crippen LogP contribution in [0.2, 0.25) is 0 Å². The summed E-state index contributed by atoms with van der Waals surface area (Å²) in [4.78, 5) is 15.3. The molecule has 164 valence electrons. The summed E-state index contributed by atoms with van der Waals surface area (Å²) >= 11 is 0. The van der Waals surface area contributed by atoms with Crippen molar-refractivity contribution >= 4 is 5.97 Å². The molecule has 2 aliphatic rings. The normalized spacial score (nSPS) is 27.1. The van der Waals surface area contributed by atoms with Gasteiger partial charge in [0, 0.05) is 47.1 Å². The van der Waals surface area contributed by atoms with Crippen molar-refractivity contribution in [3.8, 4) is 0 Å². The van der Waals surface area contributed by atoms with Gasteiger partial charge in [0.1, 0.15) is 6.10 Å². The van der Waals surface area contributed by atoms with Gasteiger partial charge in [0.25, 0.3) is 0 Å². The molecule has 0 aliphatic carbocycles. The van der Waals surface area contributed by atoms with Crippen LogP contribution < -0.4 is 10.6 Å². The summed E-state index contributed by atoms with van der Waals surface area (Å²) < 4.78 is 6.00. The Balaban J connectivity index is 2.05. The third-order valence-electron chi connectivity index (χ3n) is 6.06. The number of esters is 1. The van der Waals surface area contributed by atoms with E-state index in [1.54, 1.807) is 0 Å². The van der Waals surface area contributed by atoms with Crippen molar-refractivity contribution in [2.75, 3.05) is 6.54 Å². The van der Waals surface area contributed by atoms with Crippen LogP contribution >= 0.6 is 0 Å². The molecule has 5 nitrogen and oxygen atoms in total. The second-order valence-corrected chi connectivity index (χ2v) is 12.1. The van der Waals surface area contributed by atoms with Gasteiger partial charge < -0.3 is 15.4 Å². The van der Waals surface area contributed by atoms with Crippen LogP contribution in [-0.2, 0) is 9.53 Å². The summed E-state index contributed by atoms with van der Waals surface area (Å²) in [5.41, 5.74) is 0.0835. The Morgan fingerprint density at radius 2 is 1.25 bits per heavy atom. The molecule has 2 N–H and O–H groups in total. The van der Waals surface area contributed by atoms with Gasteiger partial charge in [-0.15, -0.1) is 0 Å². The maximum atomic E-state index is 12.9. The highest BCUT2D eigenvalue weighted by Gasteiger charge is 2.42. The number of ether oxygens (including phenoxy) is 1. The van der Waals surface area contributed by atoms with Crippen LogP contribution in [0.4, 0.5) is 0 Å². The van der Waals surface area contributed by atoms with Crippen molar-refractivity contribution in [2.45, 2.75) is 135 Å². The zero-order chi connectivity index (χ0) is 21.5. The van der Waals surface area contributed by atoms with Gasteiger partial charge in [-0.1, -0.05) is 0 Å². The minimum absolute atomic E-state index is 0.0198. The predicted molar refractivity (Wildman–Crippen MR) is 117 cm³/mol. The van der Waals surface area contributed by atoms with Gasteiger partial charge >= 0.3 is 5.97 Å². The van der Waals surface area contributed by atoms with E-state index in [2.05, 4.69) is 84.8 Å². The quantitative estimate of drug-likeness (QED) is 0.692. The molecule has 0 bridgehead atoms. The van der Waals surface area contributed by atoms with Gasteiger partial charge in [0.05, 0.1) is 6.54 Å². The first kappa shape index (κ1) is 23.6. The number of nitrogens with one attached hydrogen (secondary N) is 2. The van der Waals surface area contributed by atoms with E-state index < -0.39 is 0 Å². The van der Waals surface area contributed by atoms with E-state index in [1.165, 1.54) is 0 Å². The zero-order valence-corrected chi connectivity index (χ0v) is 20.0. The van der Waals surface area contributed by atoms with E-state index in [-0.39, 0.29) is 34.2 Å². The van der Waals surface area contributed by atoms with Crippen LogP contribution in [0.15, 0.2) is 0 Å². The first-order chi connectivity index (χ1) is 12.5. The molecule has 0 radical (unpaired) electrons. The highest BCUT2D eigenvalue weighted by Crippen LogP contribution is 2.33. The molecule has 0 aromatic rings. The van der Waals surface area contributed by atoms with E-state index in [0.29, 0.717) is 18.6 Å². The molecule has 0 aromatic heterocycles. The molecule has 2 rings (SSSR count). The Kier molecular flexibility index (Phi) is 6.65. The van der Waals surface area contributed by atoms with Gasteiger partial charge in [-0.05, 0) is 82.1 Å². The lowest BCUT2D eigenvalue weighted by atomic mass is 9.78. The summed E-state index contributed by atoms with van der Waals surface area (Å²) in [6, 6.07) is 0.683. The van der Waals surface area contributed by atoms with Crippen LogP contribution in [0.3, 0.4) is 0 Å². The van der Waals surface area contributed by atoms with E-state index >= 15 is 0 Å². The molecule has 0 aromatic carbocycles. The number of rotatable bonds is 5. The molecule has 5 heteroatoms. The minimum atomic E-state index is -0.0821. The Bertz CT molecular complexity index is 534. The second-order valence-electron chi connectivity index (χ2n) is 12.1. The molecule has 2 heterocycles. The molecular formula is C23H45N3O2. The molecule has 28 heavy (non-hydrogen) atoms. The number of carbonyl (C=O) groups excluding carboxylic acids is 1. The lowest BCUT2D eigenvalue weighted by Crippen LogP contribution is -2.63. The van der Waals surface area contributed by atoms with Crippen molar-refractivity contribution in [3.05, 3.63) is 0 Å². The molecule has 0 spiro atoms. The molecule has 2 aliphatic heterocycles. The Labute approximate surface area is 173 Å². The highest BCUT2D eigenvalue weighted by atomic mass is 16.5. The topological polar surface area (TPSA) is 53.6 Å². The lowest BCUT2D eigenvalue weighted by Gasteiger charge is -2.50. The molecule has 0 saturated carbocycles. The Morgan fingerprint density at radius 3 is 1.64 bits per heavy atom. The monoisotopic (exact) mass is 395 g/mol. The maximum Gasteiger partial charge on any atom is 0.320 e. The summed E-state index contributed by atoms with van der Waals surface area (Å²) in [7, 11) is 0. The Morgan fingerprint density at radius 1 is 0.857 bits per heavy atom. The van der Waals surface area contributed by atoms with Crippen LogP contribution in [0.25, 0.3) is 0 Å². The number of hydrogen-bond donors (Lipinski definition) is 2.